The van der Waals surface area contributed by atoms with Crippen LogP contribution in [-0.2, 0) is 11.2 Å². The average Bonchev–Trinajstić information content (AvgIpc) is 2.73. The minimum absolute atomic E-state index is 0.0679. The summed E-state index contributed by atoms with van der Waals surface area (Å²) in [6.45, 7) is 12.9. The first-order valence-electron chi connectivity index (χ1n) is 11.5. The summed E-state index contributed by atoms with van der Waals surface area (Å²) in [7, 11) is 0. The molecule has 4 atom stereocenters. The third-order valence-corrected chi connectivity index (χ3v) is 8.94. The van der Waals surface area contributed by atoms with Crippen LogP contribution in [0.5, 0.6) is 11.5 Å². The molecule has 174 valence electrons. The normalized spacial score (nSPS) is 35.2. The van der Waals surface area contributed by atoms with Crippen molar-refractivity contribution in [1.29, 1.82) is 0 Å². The van der Waals surface area contributed by atoms with E-state index in [0.717, 1.165) is 16.9 Å². The Labute approximate surface area is 190 Å². The molecule has 1 saturated carbocycles. The van der Waals surface area contributed by atoms with E-state index in [4.69, 9.17) is 4.74 Å². The molecule has 0 saturated heterocycles. The lowest BCUT2D eigenvalue weighted by Gasteiger charge is -2.47. The minimum atomic E-state index is -0.454. The van der Waals surface area contributed by atoms with Gasteiger partial charge in [0.2, 0.25) is 0 Å². The topological polar surface area (TPSA) is 87.0 Å². The zero-order valence-electron chi connectivity index (χ0n) is 20.1. The van der Waals surface area contributed by atoms with E-state index in [1.54, 1.807) is 12.1 Å². The fourth-order valence-electron chi connectivity index (χ4n) is 6.75. The van der Waals surface area contributed by atoms with Gasteiger partial charge in [-0.05, 0) is 59.9 Å². The zero-order valence-corrected chi connectivity index (χ0v) is 20.1. The summed E-state index contributed by atoms with van der Waals surface area (Å²) in [6, 6.07) is 3.44. The summed E-state index contributed by atoms with van der Waals surface area (Å²) >= 11 is 0. The second-order valence-electron chi connectivity index (χ2n) is 11.8. The van der Waals surface area contributed by atoms with Gasteiger partial charge >= 0.3 is 0 Å². The maximum absolute atomic E-state index is 13.4. The Morgan fingerprint density at radius 1 is 1.09 bits per heavy atom. The summed E-state index contributed by atoms with van der Waals surface area (Å²) in [4.78, 5) is 13.4. The molecule has 2 bridgehead atoms. The number of ether oxygens (including phenoxy) is 1. The molecule has 4 rings (SSSR count). The van der Waals surface area contributed by atoms with Crippen molar-refractivity contribution in [2.45, 2.75) is 67.2 Å². The van der Waals surface area contributed by atoms with Crippen LogP contribution in [0, 0.1) is 34.5 Å². The fraction of sp³-hybridized carbons (Fsp3) is 0.593. The van der Waals surface area contributed by atoms with E-state index in [9.17, 15) is 20.1 Å². The molecule has 32 heavy (non-hydrogen) atoms. The molecule has 5 heteroatoms. The Hall–Kier alpha value is -2.43. The van der Waals surface area contributed by atoms with Gasteiger partial charge in [0.25, 0.3) is 0 Å². The van der Waals surface area contributed by atoms with Gasteiger partial charge in [-0.1, -0.05) is 34.6 Å². The molecular formula is C27H36O5. The number of carbonyl (C=O) groups excluding carboxylic acids is 1. The van der Waals surface area contributed by atoms with Crippen LogP contribution < -0.4 is 4.74 Å². The second kappa shape index (κ2) is 7.03. The molecule has 1 fully saturated rings. The smallest absolute Gasteiger partial charge is 0.134 e. The first-order valence-corrected chi connectivity index (χ1v) is 11.5. The monoisotopic (exact) mass is 440 g/mol. The molecular weight excluding hydrogens is 404 g/mol. The molecule has 3 aliphatic rings. The van der Waals surface area contributed by atoms with Gasteiger partial charge < -0.3 is 20.1 Å². The molecule has 1 aromatic carbocycles. The average molecular weight is 441 g/mol. The highest BCUT2D eigenvalue weighted by Crippen LogP contribution is 2.69. The summed E-state index contributed by atoms with van der Waals surface area (Å²) in [6.07, 6.45) is 5.43. The number of hydrogen-bond acceptors (Lipinski definition) is 5. The Morgan fingerprint density at radius 2 is 1.78 bits per heavy atom. The number of carbonyl (C=O) groups is 1. The lowest BCUT2D eigenvalue weighted by atomic mass is 9.56. The maximum Gasteiger partial charge on any atom is 0.134 e. The molecule has 0 unspecified atom stereocenters. The van der Waals surface area contributed by atoms with Crippen LogP contribution in [0.15, 0.2) is 35.8 Å². The third kappa shape index (κ3) is 3.32. The van der Waals surface area contributed by atoms with E-state index in [0.29, 0.717) is 32.3 Å². The fourth-order valence-corrected chi connectivity index (χ4v) is 6.75. The molecule has 0 radical (unpaired) electrons. The highest BCUT2D eigenvalue weighted by molar-refractivity contribution is 5.80. The number of phenols is 1. The Morgan fingerprint density at radius 3 is 2.47 bits per heavy atom. The first-order chi connectivity index (χ1) is 14.7. The van der Waals surface area contributed by atoms with Crippen molar-refractivity contribution in [3.63, 3.8) is 0 Å². The molecule has 1 aliphatic heterocycles. The van der Waals surface area contributed by atoms with Crippen molar-refractivity contribution in [3.8, 4) is 11.5 Å². The van der Waals surface area contributed by atoms with Gasteiger partial charge in [0.05, 0.1) is 12.4 Å². The van der Waals surface area contributed by atoms with E-state index in [-0.39, 0.29) is 39.8 Å². The lowest BCUT2D eigenvalue weighted by molar-refractivity contribution is -0.125. The number of fused-ring (bicyclic) bond motifs is 3. The van der Waals surface area contributed by atoms with Gasteiger partial charge in [-0.2, -0.15) is 0 Å². The molecule has 0 aromatic heterocycles. The Kier molecular flexibility index (Phi) is 5.00. The van der Waals surface area contributed by atoms with Crippen LogP contribution in [0.25, 0.3) is 0 Å². The molecule has 1 heterocycles. The second-order valence-corrected chi connectivity index (χ2v) is 11.8. The van der Waals surface area contributed by atoms with E-state index < -0.39 is 10.8 Å². The predicted octanol–water partition coefficient (Wildman–Crippen LogP) is 5.95. The number of aromatic hydroxyl groups is 1. The highest BCUT2D eigenvalue weighted by atomic mass is 16.5. The van der Waals surface area contributed by atoms with Crippen LogP contribution in [0.2, 0.25) is 0 Å². The molecule has 0 amide bonds. The number of hydrogen-bond donors (Lipinski definition) is 3. The van der Waals surface area contributed by atoms with Crippen LogP contribution in [0.4, 0.5) is 0 Å². The molecule has 5 nitrogen and oxygen atoms in total. The molecule has 3 N–H and O–H groups in total. The van der Waals surface area contributed by atoms with Crippen LogP contribution in [0.1, 0.15) is 65.0 Å². The van der Waals surface area contributed by atoms with Crippen LogP contribution in [-0.4, -0.2) is 27.7 Å². The SMILES string of the molecule is Cc1cc(O)cc2c1OC[C@](C)(CC(=O)C[C@]1(C)C[C@H]3C(O)=CC(O)=C[C@]1(C)C3(C)C)C2. The number of aliphatic hydroxyl groups is 2. The lowest BCUT2D eigenvalue weighted by Crippen LogP contribution is -2.43. The number of allylic oxidation sites excluding steroid dienone is 3. The number of benzene rings is 1. The number of rotatable bonds is 4. The van der Waals surface area contributed by atoms with E-state index in [1.165, 1.54) is 6.08 Å². The van der Waals surface area contributed by atoms with Crippen molar-refractivity contribution in [2.24, 2.45) is 27.6 Å². The van der Waals surface area contributed by atoms with E-state index in [2.05, 4.69) is 34.6 Å². The molecule has 1 aromatic rings. The van der Waals surface area contributed by atoms with E-state index >= 15 is 0 Å². The number of aryl methyl sites for hydroxylation is 1. The summed E-state index contributed by atoms with van der Waals surface area (Å²) in [5, 5.41) is 31.0. The van der Waals surface area contributed by atoms with Crippen molar-refractivity contribution in [3.05, 3.63) is 46.9 Å². The summed E-state index contributed by atoms with van der Waals surface area (Å²) < 4.78 is 6.04. The quantitative estimate of drug-likeness (QED) is 0.539. The van der Waals surface area contributed by atoms with Crippen molar-refractivity contribution >= 4 is 5.78 Å². The van der Waals surface area contributed by atoms with Gasteiger partial charge in [0.15, 0.2) is 0 Å². The number of phenolic OH excluding ortho intramolecular Hbond substituents is 1. The molecule has 2 aliphatic carbocycles. The van der Waals surface area contributed by atoms with Gasteiger partial charge in [0, 0.05) is 35.7 Å². The van der Waals surface area contributed by atoms with Crippen molar-refractivity contribution < 1.29 is 24.9 Å². The largest absolute Gasteiger partial charge is 0.512 e. The van der Waals surface area contributed by atoms with Crippen LogP contribution >= 0.6 is 0 Å². The van der Waals surface area contributed by atoms with Crippen LogP contribution in [0.3, 0.4) is 0 Å². The standard InChI is InChI=1S/C27H36O5/c1-16-7-18(28)8-17-10-25(4,15-32-23(16)17)11-20(30)12-26(5)14-21-22(31)9-19(29)13-27(26,6)24(21,2)3/h7-9,13,21,28-29,31H,10-12,14-15H2,1-6H3/t21-,25-,26+,27+/m0/s1. The molecule has 0 spiro atoms. The first kappa shape index (κ1) is 22.8. The van der Waals surface area contributed by atoms with Crippen molar-refractivity contribution in [1.82, 2.24) is 0 Å². The minimum Gasteiger partial charge on any atom is -0.512 e. The number of Topliss-reactive ketones (excluding diaryl/α,β-unsaturated/α-hetero) is 1. The van der Waals surface area contributed by atoms with Gasteiger partial charge in [0.1, 0.15) is 23.0 Å². The summed E-state index contributed by atoms with van der Waals surface area (Å²) in [5.41, 5.74) is 0.350. The summed E-state index contributed by atoms with van der Waals surface area (Å²) in [5.74, 6) is 1.35. The van der Waals surface area contributed by atoms with Gasteiger partial charge in [-0.3, -0.25) is 4.79 Å². The number of aliphatic hydroxyl groups excluding tert-OH is 2. The van der Waals surface area contributed by atoms with Gasteiger partial charge in [-0.25, -0.2) is 0 Å². The van der Waals surface area contributed by atoms with E-state index in [1.807, 2.05) is 13.0 Å². The Balaban J connectivity index is 1.56. The Bertz CT molecular complexity index is 1030. The zero-order chi connectivity index (χ0) is 23.7. The van der Waals surface area contributed by atoms with Crippen molar-refractivity contribution in [2.75, 3.05) is 6.61 Å². The highest BCUT2D eigenvalue weighted by Gasteiger charge is 2.64. The predicted molar refractivity (Wildman–Crippen MR) is 124 cm³/mol. The third-order valence-electron chi connectivity index (χ3n) is 8.94. The maximum atomic E-state index is 13.4. The van der Waals surface area contributed by atoms with Gasteiger partial charge in [-0.15, -0.1) is 0 Å². The number of ketones is 1.